The van der Waals surface area contributed by atoms with Crippen LogP contribution in [-0.2, 0) is 6.42 Å². The molecular formula is C6H9N3O. The molecule has 0 spiro atoms. The zero-order valence-corrected chi connectivity index (χ0v) is 5.74. The molecule has 0 fully saturated rings. The molecular weight excluding hydrogens is 130 g/mol. The van der Waals surface area contributed by atoms with Gasteiger partial charge in [-0.05, 0) is 12.5 Å². The van der Waals surface area contributed by atoms with Crippen LogP contribution < -0.4 is 11.4 Å². The minimum absolute atomic E-state index is 0.218. The summed E-state index contributed by atoms with van der Waals surface area (Å²) in [7, 11) is 0. The van der Waals surface area contributed by atoms with E-state index in [9.17, 15) is 4.79 Å². The molecule has 1 aromatic rings. The lowest BCUT2D eigenvalue weighted by Crippen LogP contribution is -2.31. The summed E-state index contributed by atoms with van der Waals surface area (Å²) in [6, 6.07) is 1.67. The maximum Gasteiger partial charge on any atom is 0.288 e. The highest BCUT2D eigenvalue weighted by Crippen LogP contribution is 1.86. The molecule has 0 aliphatic carbocycles. The van der Waals surface area contributed by atoms with Crippen molar-refractivity contribution >= 4 is 0 Å². The van der Waals surface area contributed by atoms with Crippen LogP contribution in [0, 0.1) is 0 Å². The van der Waals surface area contributed by atoms with E-state index in [0.29, 0.717) is 12.0 Å². The summed E-state index contributed by atoms with van der Waals surface area (Å²) in [6.07, 6.45) is 2.21. The SMILES string of the molecule is CCc1ccnn(N)c1=O. The number of nitrogens with zero attached hydrogens (tertiary/aromatic N) is 2. The van der Waals surface area contributed by atoms with Crippen LogP contribution in [0.5, 0.6) is 0 Å². The first-order chi connectivity index (χ1) is 4.75. The van der Waals surface area contributed by atoms with Gasteiger partial charge in [-0.1, -0.05) is 6.92 Å². The predicted molar refractivity (Wildman–Crippen MR) is 38.0 cm³/mol. The van der Waals surface area contributed by atoms with Crippen molar-refractivity contribution in [3.05, 3.63) is 28.2 Å². The third kappa shape index (κ3) is 1.00. The lowest BCUT2D eigenvalue weighted by atomic mass is 10.2. The first kappa shape index (κ1) is 6.80. The highest BCUT2D eigenvalue weighted by Gasteiger charge is 1.96. The molecule has 54 valence electrons. The lowest BCUT2D eigenvalue weighted by molar-refractivity contribution is 0.746. The summed E-state index contributed by atoms with van der Waals surface area (Å²) in [6.45, 7) is 1.90. The monoisotopic (exact) mass is 139 g/mol. The van der Waals surface area contributed by atoms with Crippen LogP contribution in [0.25, 0.3) is 0 Å². The normalized spacial score (nSPS) is 9.70. The summed E-state index contributed by atoms with van der Waals surface area (Å²) in [5.41, 5.74) is 0.475. The second-order valence-electron chi connectivity index (χ2n) is 1.96. The molecule has 2 N–H and O–H groups in total. The molecule has 1 rings (SSSR count). The molecule has 0 saturated carbocycles. The van der Waals surface area contributed by atoms with Crippen molar-refractivity contribution in [3.63, 3.8) is 0 Å². The molecule has 0 aliphatic heterocycles. The highest BCUT2D eigenvalue weighted by atomic mass is 16.1. The van der Waals surface area contributed by atoms with E-state index in [-0.39, 0.29) is 5.56 Å². The minimum atomic E-state index is -0.218. The fourth-order valence-electron chi connectivity index (χ4n) is 0.735. The minimum Gasteiger partial charge on any atom is -0.320 e. The average Bonchev–Trinajstić information content (AvgIpc) is 1.95. The zero-order chi connectivity index (χ0) is 7.56. The van der Waals surface area contributed by atoms with Crippen LogP contribution in [-0.4, -0.2) is 9.89 Å². The van der Waals surface area contributed by atoms with E-state index in [1.54, 1.807) is 6.07 Å². The number of aromatic nitrogens is 2. The van der Waals surface area contributed by atoms with E-state index in [1.807, 2.05) is 6.92 Å². The highest BCUT2D eigenvalue weighted by molar-refractivity contribution is 5.05. The van der Waals surface area contributed by atoms with Gasteiger partial charge in [-0.15, -0.1) is 4.79 Å². The van der Waals surface area contributed by atoms with Crippen LogP contribution in [0.4, 0.5) is 0 Å². The van der Waals surface area contributed by atoms with Gasteiger partial charge in [-0.25, -0.2) is 0 Å². The van der Waals surface area contributed by atoms with Crippen molar-refractivity contribution in [1.29, 1.82) is 0 Å². The van der Waals surface area contributed by atoms with E-state index in [2.05, 4.69) is 5.10 Å². The van der Waals surface area contributed by atoms with E-state index < -0.39 is 0 Å². The molecule has 0 unspecified atom stereocenters. The first-order valence-corrected chi connectivity index (χ1v) is 3.08. The van der Waals surface area contributed by atoms with Gasteiger partial charge in [-0.2, -0.15) is 5.10 Å². The van der Waals surface area contributed by atoms with Crippen molar-refractivity contribution in [2.45, 2.75) is 13.3 Å². The Balaban J connectivity index is 3.28. The van der Waals surface area contributed by atoms with E-state index >= 15 is 0 Å². The number of nitrogens with two attached hydrogens (primary N) is 1. The molecule has 0 bridgehead atoms. The van der Waals surface area contributed by atoms with Gasteiger partial charge in [0, 0.05) is 5.56 Å². The summed E-state index contributed by atoms with van der Waals surface area (Å²) >= 11 is 0. The smallest absolute Gasteiger partial charge is 0.288 e. The topological polar surface area (TPSA) is 60.9 Å². The summed E-state index contributed by atoms with van der Waals surface area (Å²) < 4.78 is 0. The Kier molecular flexibility index (Phi) is 1.71. The molecule has 10 heavy (non-hydrogen) atoms. The molecule has 4 nitrogen and oxygen atoms in total. The molecule has 0 aromatic carbocycles. The fraction of sp³-hybridized carbons (Fsp3) is 0.333. The van der Waals surface area contributed by atoms with Crippen molar-refractivity contribution in [3.8, 4) is 0 Å². The Morgan fingerprint density at radius 3 is 3.00 bits per heavy atom. The molecule has 0 saturated heterocycles. The van der Waals surface area contributed by atoms with Crippen molar-refractivity contribution in [2.75, 3.05) is 5.84 Å². The number of rotatable bonds is 1. The Morgan fingerprint density at radius 2 is 2.50 bits per heavy atom. The van der Waals surface area contributed by atoms with Crippen LogP contribution >= 0.6 is 0 Å². The van der Waals surface area contributed by atoms with Crippen LogP contribution in [0.2, 0.25) is 0 Å². The van der Waals surface area contributed by atoms with Crippen molar-refractivity contribution < 1.29 is 0 Å². The van der Waals surface area contributed by atoms with E-state index in [0.717, 1.165) is 4.79 Å². The first-order valence-electron chi connectivity index (χ1n) is 3.08. The Bertz CT molecular complexity index is 279. The van der Waals surface area contributed by atoms with Crippen LogP contribution in [0.1, 0.15) is 12.5 Å². The average molecular weight is 139 g/mol. The summed E-state index contributed by atoms with van der Waals surface area (Å²) in [4.78, 5) is 11.8. The number of hydrogen-bond donors (Lipinski definition) is 1. The standard InChI is InChI=1S/C6H9N3O/c1-2-5-3-4-8-9(7)6(5)10/h3-4H,2,7H2,1H3. The fourth-order valence-corrected chi connectivity index (χ4v) is 0.735. The maximum absolute atomic E-state index is 11.0. The van der Waals surface area contributed by atoms with Crippen LogP contribution in [0.15, 0.2) is 17.1 Å². The molecule has 0 radical (unpaired) electrons. The largest absolute Gasteiger partial charge is 0.320 e. The van der Waals surface area contributed by atoms with E-state index in [4.69, 9.17) is 5.84 Å². The predicted octanol–water partition coefficient (Wildman–Crippen LogP) is -0.481. The number of nitrogen functional groups attached to an aromatic ring is 1. The summed E-state index contributed by atoms with van der Waals surface area (Å²) in [5, 5.41) is 3.57. The number of aryl methyl sites for hydroxylation is 1. The third-order valence-electron chi connectivity index (χ3n) is 1.33. The molecule has 1 heterocycles. The number of hydrogen-bond acceptors (Lipinski definition) is 3. The Hall–Kier alpha value is -1.32. The van der Waals surface area contributed by atoms with E-state index in [1.165, 1.54) is 6.20 Å². The Morgan fingerprint density at radius 1 is 1.80 bits per heavy atom. The lowest BCUT2D eigenvalue weighted by Gasteiger charge is -1.96. The van der Waals surface area contributed by atoms with Gasteiger partial charge in [0.1, 0.15) is 0 Å². The van der Waals surface area contributed by atoms with Gasteiger partial charge in [-0.3, -0.25) is 4.79 Å². The third-order valence-corrected chi connectivity index (χ3v) is 1.33. The molecule has 0 aliphatic rings. The molecule has 4 heteroatoms. The second-order valence-corrected chi connectivity index (χ2v) is 1.96. The van der Waals surface area contributed by atoms with Crippen molar-refractivity contribution in [2.24, 2.45) is 0 Å². The van der Waals surface area contributed by atoms with Gasteiger partial charge in [0.15, 0.2) is 0 Å². The van der Waals surface area contributed by atoms with Gasteiger partial charge in [0.2, 0.25) is 0 Å². The maximum atomic E-state index is 11.0. The molecule has 1 aromatic heterocycles. The second kappa shape index (κ2) is 2.51. The molecule has 0 atom stereocenters. The quantitative estimate of drug-likeness (QED) is 0.534. The van der Waals surface area contributed by atoms with Crippen molar-refractivity contribution in [1.82, 2.24) is 9.89 Å². The van der Waals surface area contributed by atoms with Crippen LogP contribution in [0.3, 0.4) is 0 Å². The molecule has 0 amide bonds. The summed E-state index contributed by atoms with van der Waals surface area (Å²) in [5.74, 6) is 5.19. The van der Waals surface area contributed by atoms with Gasteiger partial charge in [0.25, 0.3) is 5.56 Å². The van der Waals surface area contributed by atoms with Gasteiger partial charge in [0.05, 0.1) is 6.20 Å². The Labute approximate surface area is 58.3 Å². The zero-order valence-electron chi connectivity index (χ0n) is 5.74. The van der Waals surface area contributed by atoms with Gasteiger partial charge >= 0.3 is 0 Å². The van der Waals surface area contributed by atoms with Gasteiger partial charge < -0.3 is 5.84 Å².